The van der Waals surface area contributed by atoms with Crippen molar-refractivity contribution in [1.82, 2.24) is 15.5 Å². The van der Waals surface area contributed by atoms with Crippen LogP contribution < -0.4 is 10.1 Å². The lowest BCUT2D eigenvalue weighted by Crippen LogP contribution is -2.28. The van der Waals surface area contributed by atoms with Crippen molar-refractivity contribution in [2.45, 2.75) is 13.0 Å². The summed E-state index contributed by atoms with van der Waals surface area (Å²) in [6.07, 6.45) is -0.817. The van der Waals surface area contributed by atoms with E-state index < -0.39 is 6.10 Å². The summed E-state index contributed by atoms with van der Waals surface area (Å²) in [6.45, 7) is 2.08. The second-order valence-corrected chi connectivity index (χ2v) is 7.30. The molecule has 0 aliphatic rings. The van der Waals surface area contributed by atoms with E-state index in [9.17, 15) is 9.90 Å². The van der Waals surface area contributed by atoms with E-state index in [-0.39, 0.29) is 12.5 Å². The van der Waals surface area contributed by atoms with Gasteiger partial charge in [-0.05, 0) is 60.5 Å². The summed E-state index contributed by atoms with van der Waals surface area (Å²) in [7, 11) is 1.58. The number of hydrogen-bond donors (Lipinski definition) is 2. The largest absolute Gasteiger partial charge is 0.497 e. The summed E-state index contributed by atoms with van der Waals surface area (Å²) in [5.41, 5.74) is 3.81. The molecule has 0 aliphatic heterocycles. The third kappa shape index (κ3) is 4.68. The van der Waals surface area contributed by atoms with E-state index in [1.54, 1.807) is 55.6 Å². The van der Waals surface area contributed by atoms with Crippen LogP contribution in [0.2, 0.25) is 0 Å². The molecule has 1 atom stereocenters. The fourth-order valence-electron chi connectivity index (χ4n) is 3.26. The topological polar surface area (TPSA) is 97.5 Å². The number of hydrogen-bond acceptors (Lipinski definition) is 6. The quantitative estimate of drug-likeness (QED) is 0.457. The van der Waals surface area contributed by atoms with Crippen LogP contribution in [0.25, 0.3) is 22.9 Å². The summed E-state index contributed by atoms with van der Waals surface area (Å²) in [5.74, 6) is 1.25. The van der Waals surface area contributed by atoms with Crippen LogP contribution in [-0.4, -0.2) is 34.9 Å². The molecule has 1 aromatic heterocycles. The average molecular weight is 429 g/mol. The Balaban J connectivity index is 1.39. The molecule has 4 aromatic rings. The van der Waals surface area contributed by atoms with Crippen LogP contribution in [0.3, 0.4) is 0 Å². The zero-order chi connectivity index (χ0) is 22.5. The number of aliphatic hydroxyl groups excluding tert-OH is 1. The first-order valence-electron chi connectivity index (χ1n) is 10.2. The molecule has 7 nitrogen and oxygen atoms in total. The van der Waals surface area contributed by atoms with E-state index in [0.29, 0.717) is 34.2 Å². The van der Waals surface area contributed by atoms with Crippen LogP contribution in [0.4, 0.5) is 0 Å². The molecule has 3 aromatic carbocycles. The number of rotatable bonds is 7. The number of carbonyl (C=O) groups excluding carboxylic acids is 1. The Kier molecular flexibility index (Phi) is 6.28. The van der Waals surface area contributed by atoms with Crippen molar-refractivity contribution in [3.05, 3.63) is 89.5 Å². The minimum atomic E-state index is -0.817. The predicted octanol–water partition coefficient (Wildman–Crippen LogP) is 4.18. The molecule has 162 valence electrons. The van der Waals surface area contributed by atoms with Gasteiger partial charge in [-0.2, -0.15) is 0 Å². The number of ether oxygens (including phenoxy) is 1. The number of nitrogens with one attached hydrogen (secondary N) is 1. The van der Waals surface area contributed by atoms with E-state index in [1.165, 1.54) is 0 Å². The lowest BCUT2D eigenvalue weighted by Gasteiger charge is -2.13. The third-order valence-electron chi connectivity index (χ3n) is 5.15. The second kappa shape index (κ2) is 9.45. The minimum Gasteiger partial charge on any atom is -0.497 e. The molecule has 7 heteroatoms. The molecule has 2 N–H and O–H groups in total. The highest BCUT2D eigenvalue weighted by Crippen LogP contribution is 2.26. The van der Waals surface area contributed by atoms with Gasteiger partial charge in [-0.3, -0.25) is 4.79 Å². The molecule has 32 heavy (non-hydrogen) atoms. The van der Waals surface area contributed by atoms with Gasteiger partial charge in [0.15, 0.2) is 0 Å². The summed E-state index contributed by atoms with van der Waals surface area (Å²) in [5, 5.41) is 21.3. The van der Waals surface area contributed by atoms with Gasteiger partial charge in [-0.25, -0.2) is 0 Å². The van der Waals surface area contributed by atoms with Crippen LogP contribution in [0.5, 0.6) is 5.75 Å². The van der Waals surface area contributed by atoms with Crippen LogP contribution in [-0.2, 0) is 0 Å². The number of amides is 1. The first-order valence-corrected chi connectivity index (χ1v) is 10.2. The van der Waals surface area contributed by atoms with E-state index >= 15 is 0 Å². The Bertz CT molecular complexity index is 1200. The van der Waals surface area contributed by atoms with Crippen LogP contribution in [0, 0.1) is 6.92 Å². The molecule has 1 amide bonds. The van der Waals surface area contributed by atoms with E-state index in [2.05, 4.69) is 15.5 Å². The highest BCUT2D eigenvalue weighted by atomic mass is 16.5. The van der Waals surface area contributed by atoms with Gasteiger partial charge < -0.3 is 19.6 Å². The van der Waals surface area contributed by atoms with Crippen molar-refractivity contribution < 1.29 is 19.1 Å². The SMILES string of the molecule is COc1ccc(C(O)CNC(=O)c2ccc(-c3nnc(-c4ccccc4C)o3)cc2)cc1. The maximum absolute atomic E-state index is 12.5. The Hall–Kier alpha value is -3.97. The number of carbonyl (C=O) groups is 1. The van der Waals surface area contributed by atoms with Crippen LogP contribution in [0.1, 0.15) is 27.6 Å². The van der Waals surface area contributed by atoms with Gasteiger partial charge in [0.1, 0.15) is 5.75 Å². The average Bonchev–Trinajstić information content (AvgIpc) is 3.33. The zero-order valence-electron chi connectivity index (χ0n) is 17.8. The zero-order valence-corrected chi connectivity index (χ0v) is 17.8. The van der Waals surface area contributed by atoms with Crippen molar-refractivity contribution in [3.63, 3.8) is 0 Å². The first kappa shape index (κ1) is 21.3. The molecule has 1 heterocycles. The van der Waals surface area contributed by atoms with E-state index in [4.69, 9.17) is 9.15 Å². The Morgan fingerprint density at radius 3 is 2.38 bits per heavy atom. The minimum absolute atomic E-state index is 0.0936. The van der Waals surface area contributed by atoms with Crippen molar-refractivity contribution in [2.24, 2.45) is 0 Å². The van der Waals surface area contributed by atoms with Gasteiger partial charge in [-0.1, -0.05) is 30.3 Å². The summed E-state index contributed by atoms with van der Waals surface area (Å²) in [6, 6.07) is 21.7. The fraction of sp³-hybridized carbons (Fsp3) is 0.160. The van der Waals surface area contributed by atoms with E-state index in [0.717, 1.165) is 11.1 Å². The molecular weight excluding hydrogens is 406 g/mol. The number of aliphatic hydroxyl groups is 1. The second-order valence-electron chi connectivity index (χ2n) is 7.30. The molecule has 0 fully saturated rings. The number of aromatic nitrogens is 2. The van der Waals surface area contributed by atoms with Crippen molar-refractivity contribution in [2.75, 3.05) is 13.7 Å². The summed E-state index contributed by atoms with van der Waals surface area (Å²) < 4.78 is 10.9. The molecule has 0 radical (unpaired) electrons. The number of benzene rings is 3. The standard InChI is InChI=1S/C25H23N3O4/c1-16-5-3-4-6-21(16)25-28-27-24(32-25)19-9-7-18(8-10-19)23(30)26-15-22(29)17-11-13-20(31-2)14-12-17/h3-14,22,29H,15H2,1-2H3,(H,26,30). The Morgan fingerprint density at radius 2 is 1.69 bits per heavy atom. The summed E-state index contributed by atoms with van der Waals surface area (Å²) in [4.78, 5) is 12.5. The molecule has 0 spiro atoms. The van der Waals surface area contributed by atoms with Crippen molar-refractivity contribution >= 4 is 5.91 Å². The lowest BCUT2D eigenvalue weighted by atomic mass is 10.1. The fourth-order valence-corrected chi connectivity index (χ4v) is 3.26. The molecule has 0 saturated heterocycles. The van der Waals surface area contributed by atoms with Gasteiger partial charge >= 0.3 is 0 Å². The highest BCUT2D eigenvalue weighted by molar-refractivity contribution is 5.94. The van der Waals surface area contributed by atoms with Gasteiger partial charge in [0.25, 0.3) is 5.91 Å². The maximum atomic E-state index is 12.5. The predicted molar refractivity (Wildman–Crippen MR) is 120 cm³/mol. The number of methoxy groups -OCH3 is 1. The van der Waals surface area contributed by atoms with E-state index in [1.807, 2.05) is 31.2 Å². The Labute approximate surface area is 185 Å². The molecule has 0 bridgehead atoms. The number of aryl methyl sites for hydroxylation is 1. The lowest BCUT2D eigenvalue weighted by molar-refractivity contribution is 0.0916. The molecule has 0 saturated carbocycles. The molecular formula is C25H23N3O4. The maximum Gasteiger partial charge on any atom is 0.251 e. The monoisotopic (exact) mass is 429 g/mol. The van der Waals surface area contributed by atoms with Gasteiger partial charge in [-0.15, -0.1) is 10.2 Å². The van der Waals surface area contributed by atoms with Crippen LogP contribution >= 0.6 is 0 Å². The van der Waals surface area contributed by atoms with Crippen molar-refractivity contribution in [1.29, 1.82) is 0 Å². The molecule has 1 unspecified atom stereocenters. The smallest absolute Gasteiger partial charge is 0.251 e. The summed E-state index contributed by atoms with van der Waals surface area (Å²) >= 11 is 0. The van der Waals surface area contributed by atoms with Gasteiger partial charge in [0.2, 0.25) is 11.8 Å². The third-order valence-corrected chi connectivity index (χ3v) is 5.15. The van der Waals surface area contributed by atoms with Crippen LogP contribution in [0.15, 0.2) is 77.2 Å². The normalized spacial score (nSPS) is 11.7. The number of nitrogens with zero attached hydrogens (tertiary/aromatic N) is 2. The Morgan fingerprint density at radius 1 is 1.00 bits per heavy atom. The molecule has 0 aliphatic carbocycles. The molecule has 4 rings (SSSR count). The van der Waals surface area contributed by atoms with Gasteiger partial charge in [0.05, 0.1) is 13.2 Å². The van der Waals surface area contributed by atoms with Gasteiger partial charge in [0, 0.05) is 23.2 Å². The van der Waals surface area contributed by atoms with Crippen molar-refractivity contribution in [3.8, 4) is 28.7 Å². The first-order chi connectivity index (χ1) is 15.5. The highest BCUT2D eigenvalue weighted by Gasteiger charge is 2.14.